The lowest BCUT2D eigenvalue weighted by Crippen LogP contribution is -2.33. The van der Waals surface area contributed by atoms with E-state index in [1.54, 1.807) is 36.4 Å². The zero-order chi connectivity index (χ0) is 20.0. The number of imidazole rings is 1. The van der Waals surface area contributed by atoms with Gasteiger partial charge in [0.15, 0.2) is 9.84 Å². The summed E-state index contributed by atoms with van der Waals surface area (Å²) >= 11 is 0. The fraction of sp³-hybridized carbons (Fsp3) is 0.278. The van der Waals surface area contributed by atoms with Gasteiger partial charge in [0.05, 0.1) is 27.7 Å². The first-order chi connectivity index (χ1) is 12.5. The largest absolute Gasteiger partial charge is 0.343 e. The standard InChI is InChI=1S/C18H20N2O5S2/c1-13(2)27(24,25)20-17-7-5-4-6-16(17)19(18(20)21)12-14-8-10-15(11-9-14)26(3,22)23/h4-11,13H,12H2,1-3H3. The molecule has 1 heterocycles. The van der Waals surface area contributed by atoms with Crippen molar-refractivity contribution in [2.45, 2.75) is 30.5 Å². The molecule has 2 aromatic carbocycles. The highest BCUT2D eigenvalue weighted by Crippen LogP contribution is 2.19. The second-order valence-corrected chi connectivity index (χ2v) is 11.0. The van der Waals surface area contributed by atoms with Gasteiger partial charge in [-0.15, -0.1) is 0 Å². The Labute approximate surface area is 157 Å². The second-order valence-electron chi connectivity index (χ2n) is 6.63. The first-order valence-corrected chi connectivity index (χ1v) is 11.7. The van der Waals surface area contributed by atoms with Crippen molar-refractivity contribution < 1.29 is 16.8 Å². The first-order valence-electron chi connectivity index (χ1n) is 8.27. The summed E-state index contributed by atoms with van der Waals surface area (Å²) in [4.78, 5) is 13.1. The van der Waals surface area contributed by atoms with Crippen LogP contribution in [-0.4, -0.2) is 36.9 Å². The number of rotatable bonds is 5. The summed E-state index contributed by atoms with van der Waals surface area (Å²) in [5.41, 5.74) is 0.870. The van der Waals surface area contributed by atoms with Gasteiger partial charge in [0, 0.05) is 6.26 Å². The van der Waals surface area contributed by atoms with Gasteiger partial charge in [-0.2, -0.15) is 3.97 Å². The fourth-order valence-electron chi connectivity index (χ4n) is 2.81. The van der Waals surface area contributed by atoms with Crippen molar-refractivity contribution in [3.05, 3.63) is 64.6 Å². The maximum absolute atomic E-state index is 12.9. The molecule has 27 heavy (non-hydrogen) atoms. The van der Waals surface area contributed by atoms with Gasteiger partial charge < -0.3 is 0 Å². The summed E-state index contributed by atoms with van der Waals surface area (Å²) in [5.74, 6) is 0. The number of benzene rings is 2. The average molecular weight is 409 g/mol. The van der Waals surface area contributed by atoms with E-state index in [0.717, 1.165) is 10.2 Å². The number of hydrogen-bond donors (Lipinski definition) is 0. The van der Waals surface area contributed by atoms with Gasteiger partial charge >= 0.3 is 5.69 Å². The number of sulfone groups is 1. The third-order valence-corrected chi connectivity index (χ3v) is 7.52. The molecule has 0 N–H and O–H groups in total. The molecule has 0 bridgehead atoms. The molecule has 3 aromatic rings. The Morgan fingerprint density at radius 1 is 0.889 bits per heavy atom. The van der Waals surface area contributed by atoms with E-state index in [2.05, 4.69) is 0 Å². The van der Waals surface area contributed by atoms with E-state index in [1.807, 2.05) is 0 Å². The van der Waals surface area contributed by atoms with Crippen molar-refractivity contribution in [3.8, 4) is 0 Å². The minimum Gasteiger partial charge on any atom is -0.287 e. The minimum atomic E-state index is -3.83. The van der Waals surface area contributed by atoms with Gasteiger partial charge in [-0.05, 0) is 43.7 Å². The molecule has 0 saturated carbocycles. The molecule has 0 aliphatic carbocycles. The summed E-state index contributed by atoms with van der Waals surface area (Å²) in [6, 6.07) is 12.9. The Balaban J connectivity index is 2.16. The molecule has 0 atom stereocenters. The Morgan fingerprint density at radius 2 is 1.44 bits per heavy atom. The van der Waals surface area contributed by atoms with Crippen molar-refractivity contribution in [2.24, 2.45) is 0 Å². The molecule has 0 radical (unpaired) electrons. The van der Waals surface area contributed by atoms with Gasteiger partial charge in [0.25, 0.3) is 0 Å². The van der Waals surface area contributed by atoms with Crippen LogP contribution < -0.4 is 5.69 Å². The molecule has 9 heteroatoms. The highest BCUT2D eigenvalue weighted by atomic mass is 32.2. The molecule has 0 saturated heterocycles. The van der Waals surface area contributed by atoms with Crippen LogP contribution in [0.15, 0.2) is 58.2 Å². The molecular formula is C18H20N2O5S2. The van der Waals surface area contributed by atoms with E-state index in [-0.39, 0.29) is 11.4 Å². The van der Waals surface area contributed by atoms with Crippen LogP contribution in [0.25, 0.3) is 11.0 Å². The summed E-state index contributed by atoms with van der Waals surface area (Å²) < 4.78 is 50.7. The molecule has 3 rings (SSSR count). The molecule has 0 amide bonds. The molecule has 0 unspecified atom stereocenters. The Bertz CT molecular complexity index is 1270. The molecule has 0 aliphatic rings. The van der Waals surface area contributed by atoms with E-state index in [0.29, 0.717) is 16.6 Å². The predicted molar refractivity (Wildman–Crippen MR) is 104 cm³/mol. The van der Waals surface area contributed by atoms with Crippen molar-refractivity contribution in [3.63, 3.8) is 0 Å². The second kappa shape index (κ2) is 6.65. The number of hydrogen-bond acceptors (Lipinski definition) is 5. The highest BCUT2D eigenvalue weighted by molar-refractivity contribution is 7.91. The van der Waals surface area contributed by atoms with Gasteiger partial charge in [0.2, 0.25) is 10.0 Å². The molecule has 144 valence electrons. The fourth-order valence-corrected chi connectivity index (χ4v) is 4.61. The SMILES string of the molecule is CC(C)S(=O)(=O)n1c(=O)n(Cc2ccc(S(C)(=O)=O)cc2)c2ccccc21. The molecule has 1 aromatic heterocycles. The topological polar surface area (TPSA) is 95.2 Å². The van der Waals surface area contributed by atoms with Crippen molar-refractivity contribution in [2.75, 3.05) is 6.26 Å². The molecular weight excluding hydrogens is 388 g/mol. The molecule has 0 spiro atoms. The van der Waals surface area contributed by atoms with Crippen molar-refractivity contribution >= 4 is 30.9 Å². The number of nitrogens with zero attached hydrogens (tertiary/aromatic N) is 2. The first kappa shape index (κ1) is 19.4. The van der Waals surface area contributed by atoms with Crippen LogP contribution in [0.4, 0.5) is 0 Å². The summed E-state index contributed by atoms with van der Waals surface area (Å²) in [5, 5.41) is -0.747. The van der Waals surface area contributed by atoms with Crippen LogP contribution in [0.5, 0.6) is 0 Å². The zero-order valence-electron chi connectivity index (χ0n) is 15.2. The molecule has 0 fully saturated rings. The number of aromatic nitrogens is 2. The quantitative estimate of drug-likeness (QED) is 0.642. The van der Waals surface area contributed by atoms with Gasteiger partial charge in [-0.25, -0.2) is 21.6 Å². The average Bonchev–Trinajstić information content (AvgIpc) is 2.87. The monoisotopic (exact) mass is 408 g/mol. The van der Waals surface area contributed by atoms with E-state index in [4.69, 9.17) is 0 Å². The van der Waals surface area contributed by atoms with Crippen LogP contribution in [0.1, 0.15) is 19.4 Å². The van der Waals surface area contributed by atoms with E-state index >= 15 is 0 Å². The lowest BCUT2D eigenvalue weighted by Gasteiger charge is -2.08. The van der Waals surface area contributed by atoms with Crippen molar-refractivity contribution in [1.82, 2.24) is 8.54 Å². The number of para-hydroxylation sites is 2. The molecule has 7 nitrogen and oxygen atoms in total. The molecule has 0 aliphatic heterocycles. The van der Waals surface area contributed by atoms with Crippen LogP contribution in [0.2, 0.25) is 0 Å². The van der Waals surface area contributed by atoms with E-state index in [1.165, 1.54) is 30.5 Å². The summed E-state index contributed by atoms with van der Waals surface area (Å²) in [6.45, 7) is 3.18. The van der Waals surface area contributed by atoms with Crippen LogP contribution >= 0.6 is 0 Å². The Kier molecular flexibility index (Phi) is 4.77. The van der Waals surface area contributed by atoms with Gasteiger partial charge in [0.1, 0.15) is 0 Å². The van der Waals surface area contributed by atoms with Crippen molar-refractivity contribution in [1.29, 1.82) is 0 Å². The van der Waals surface area contributed by atoms with Gasteiger partial charge in [-0.3, -0.25) is 4.57 Å². The summed E-state index contributed by atoms with van der Waals surface area (Å²) in [7, 11) is -7.14. The lowest BCUT2D eigenvalue weighted by atomic mass is 10.2. The third-order valence-electron chi connectivity index (χ3n) is 4.34. The van der Waals surface area contributed by atoms with E-state index in [9.17, 15) is 21.6 Å². The Hall–Kier alpha value is -2.39. The van der Waals surface area contributed by atoms with E-state index < -0.39 is 30.8 Å². The third kappa shape index (κ3) is 3.44. The normalized spacial score (nSPS) is 12.7. The highest BCUT2D eigenvalue weighted by Gasteiger charge is 2.26. The smallest absolute Gasteiger partial charge is 0.287 e. The maximum atomic E-state index is 12.9. The predicted octanol–water partition coefficient (Wildman–Crippen LogP) is 1.84. The Morgan fingerprint density at radius 3 is 1.96 bits per heavy atom. The summed E-state index contributed by atoms with van der Waals surface area (Å²) in [6.07, 6.45) is 1.12. The van der Waals surface area contributed by atoms with Gasteiger partial charge in [-0.1, -0.05) is 24.3 Å². The zero-order valence-corrected chi connectivity index (χ0v) is 16.8. The lowest BCUT2D eigenvalue weighted by molar-refractivity contribution is 0.576. The van der Waals surface area contributed by atoms with Crippen LogP contribution in [0, 0.1) is 0 Å². The van der Waals surface area contributed by atoms with Crippen LogP contribution in [0.3, 0.4) is 0 Å². The minimum absolute atomic E-state index is 0.129. The maximum Gasteiger partial charge on any atom is 0.343 e. The van der Waals surface area contributed by atoms with Crippen LogP contribution in [-0.2, 0) is 26.4 Å². The number of fused-ring (bicyclic) bond motifs is 1.